The third kappa shape index (κ3) is 3.51. The summed E-state index contributed by atoms with van der Waals surface area (Å²) in [5.74, 6) is -0.976. The predicted octanol–water partition coefficient (Wildman–Crippen LogP) is 1.97. The van der Waals surface area contributed by atoms with Crippen molar-refractivity contribution in [2.45, 2.75) is 13.3 Å². The number of esters is 1. The van der Waals surface area contributed by atoms with Crippen molar-refractivity contribution in [3.05, 3.63) is 34.0 Å². The van der Waals surface area contributed by atoms with E-state index in [4.69, 9.17) is 10.5 Å². The van der Waals surface area contributed by atoms with E-state index in [-0.39, 0.29) is 0 Å². The van der Waals surface area contributed by atoms with Crippen LogP contribution in [0.5, 0.6) is 0 Å². The summed E-state index contributed by atoms with van der Waals surface area (Å²) in [6, 6.07) is 1.44. The summed E-state index contributed by atoms with van der Waals surface area (Å²) in [6.45, 7) is 5.87. The maximum Gasteiger partial charge on any atom is 0.348 e. The topological polar surface area (TPSA) is 69.4 Å². The van der Waals surface area contributed by atoms with Crippen molar-refractivity contribution >= 4 is 23.2 Å². The zero-order valence-corrected chi connectivity index (χ0v) is 9.80. The van der Waals surface area contributed by atoms with Gasteiger partial charge in [-0.1, -0.05) is 5.57 Å². The summed E-state index contributed by atoms with van der Waals surface area (Å²) < 4.78 is 4.99. The second kappa shape index (κ2) is 5.46. The normalized spacial score (nSPS) is 9.81. The molecule has 0 atom stereocenters. The van der Waals surface area contributed by atoms with Crippen molar-refractivity contribution in [2.24, 2.45) is 5.73 Å². The molecular formula is C11H13NO3S. The molecule has 0 bridgehead atoms. The maximum atomic E-state index is 11.5. The summed E-state index contributed by atoms with van der Waals surface area (Å²) in [4.78, 5) is 22.7. The predicted molar refractivity (Wildman–Crippen MR) is 62.6 cm³/mol. The Morgan fingerprint density at radius 2 is 2.25 bits per heavy atom. The number of amides is 1. The Bertz CT molecular complexity index is 423. The summed E-state index contributed by atoms with van der Waals surface area (Å²) in [5.41, 5.74) is 6.36. The van der Waals surface area contributed by atoms with Crippen LogP contribution in [0.1, 0.15) is 33.4 Å². The monoisotopic (exact) mass is 239 g/mol. The van der Waals surface area contributed by atoms with Crippen molar-refractivity contribution < 1.29 is 14.3 Å². The van der Waals surface area contributed by atoms with Gasteiger partial charge >= 0.3 is 5.97 Å². The fraction of sp³-hybridized carbons (Fsp3) is 0.273. The van der Waals surface area contributed by atoms with E-state index >= 15 is 0 Å². The lowest BCUT2D eigenvalue weighted by Gasteiger charge is -2.01. The van der Waals surface area contributed by atoms with E-state index in [2.05, 4.69) is 6.58 Å². The van der Waals surface area contributed by atoms with Crippen LogP contribution in [0.4, 0.5) is 0 Å². The van der Waals surface area contributed by atoms with Gasteiger partial charge in [0.15, 0.2) is 0 Å². The number of thiophene rings is 1. The lowest BCUT2D eigenvalue weighted by molar-refractivity contribution is 0.0515. The van der Waals surface area contributed by atoms with Crippen LogP contribution in [-0.2, 0) is 4.74 Å². The number of hydrogen-bond acceptors (Lipinski definition) is 4. The highest BCUT2D eigenvalue weighted by molar-refractivity contribution is 7.12. The fourth-order valence-electron chi connectivity index (χ4n) is 0.962. The van der Waals surface area contributed by atoms with Crippen LogP contribution < -0.4 is 5.73 Å². The molecule has 86 valence electrons. The van der Waals surface area contributed by atoms with Gasteiger partial charge in [0.1, 0.15) is 4.88 Å². The molecule has 2 N–H and O–H groups in total. The fourth-order valence-corrected chi connectivity index (χ4v) is 1.75. The largest absolute Gasteiger partial charge is 0.461 e. The minimum Gasteiger partial charge on any atom is -0.461 e. The van der Waals surface area contributed by atoms with Crippen LogP contribution in [0.25, 0.3) is 0 Å². The molecule has 0 aliphatic carbocycles. The second-order valence-corrected chi connectivity index (χ2v) is 4.32. The first-order chi connectivity index (χ1) is 7.50. The van der Waals surface area contributed by atoms with Crippen LogP contribution in [-0.4, -0.2) is 18.5 Å². The lowest BCUT2D eigenvalue weighted by Crippen LogP contribution is -2.10. The number of nitrogens with two attached hydrogens (primary N) is 1. The van der Waals surface area contributed by atoms with E-state index in [0.29, 0.717) is 23.5 Å². The van der Waals surface area contributed by atoms with Crippen molar-refractivity contribution in [1.29, 1.82) is 0 Å². The Morgan fingerprint density at radius 3 is 2.75 bits per heavy atom. The second-order valence-electron chi connectivity index (χ2n) is 3.41. The van der Waals surface area contributed by atoms with Crippen LogP contribution in [0, 0.1) is 0 Å². The van der Waals surface area contributed by atoms with E-state index in [9.17, 15) is 9.59 Å². The van der Waals surface area contributed by atoms with Gasteiger partial charge in [-0.2, -0.15) is 0 Å². The molecule has 0 aromatic carbocycles. The molecular weight excluding hydrogens is 226 g/mol. The SMILES string of the molecule is C=C(C)CCOC(=O)c1cc(C(N)=O)cs1. The van der Waals surface area contributed by atoms with Gasteiger partial charge in [0.05, 0.1) is 12.2 Å². The summed E-state index contributed by atoms with van der Waals surface area (Å²) >= 11 is 1.15. The van der Waals surface area contributed by atoms with Gasteiger partial charge in [-0.15, -0.1) is 17.9 Å². The van der Waals surface area contributed by atoms with Gasteiger partial charge < -0.3 is 10.5 Å². The highest BCUT2D eigenvalue weighted by Crippen LogP contribution is 2.15. The van der Waals surface area contributed by atoms with E-state index in [1.807, 2.05) is 6.92 Å². The number of hydrogen-bond donors (Lipinski definition) is 1. The van der Waals surface area contributed by atoms with E-state index < -0.39 is 11.9 Å². The average molecular weight is 239 g/mol. The molecule has 0 aliphatic heterocycles. The van der Waals surface area contributed by atoms with Gasteiger partial charge in [-0.3, -0.25) is 4.79 Å². The van der Waals surface area contributed by atoms with Crippen molar-refractivity contribution in [3.8, 4) is 0 Å². The van der Waals surface area contributed by atoms with Gasteiger partial charge in [-0.25, -0.2) is 4.79 Å². The quantitative estimate of drug-likeness (QED) is 0.631. The molecule has 1 heterocycles. The first-order valence-electron chi connectivity index (χ1n) is 4.70. The minimum absolute atomic E-state index is 0.304. The van der Waals surface area contributed by atoms with Crippen LogP contribution in [0.15, 0.2) is 23.6 Å². The van der Waals surface area contributed by atoms with Gasteiger partial charge in [0.2, 0.25) is 5.91 Å². The molecule has 0 radical (unpaired) electrons. The molecule has 0 saturated carbocycles. The molecule has 0 aliphatic rings. The first kappa shape index (κ1) is 12.4. The molecule has 16 heavy (non-hydrogen) atoms. The molecule has 0 spiro atoms. The highest BCUT2D eigenvalue weighted by atomic mass is 32.1. The lowest BCUT2D eigenvalue weighted by atomic mass is 10.3. The Hall–Kier alpha value is -1.62. The molecule has 0 unspecified atom stereocenters. The molecule has 0 saturated heterocycles. The maximum absolute atomic E-state index is 11.5. The van der Waals surface area contributed by atoms with Crippen LogP contribution >= 0.6 is 11.3 Å². The van der Waals surface area contributed by atoms with Crippen LogP contribution in [0.3, 0.4) is 0 Å². The number of ether oxygens (including phenoxy) is 1. The first-order valence-corrected chi connectivity index (χ1v) is 5.58. The third-order valence-electron chi connectivity index (χ3n) is 1.85. The highest BCUT2D eigenvalue weighted by Gasteiger charge is 2.12. The number of primary amides is 1. The van der Waals surface area contributed by atoms with Gasteiger partial charge in [0, 0.05) is 11.8 Å². The van der Waals surface area contributed by atoms with Crippen molar-refractivity contribution in [3.63, 3.8) is 0 Å². The van der Waals surface area contributed by atoms with Gasteiger partial charge in [-0.05, 0) is 13.0 Å². The molecule has 1 aromatic rings. The number of rotatable bonds is 5. The smallest absolute Gasteiger partial charge is 0.348 e. The zero-order chi connectivity index (χ0) is 12.1. The Balaban J connectivity index is 2.53. The van der Waals surface area contributed by atoms with Crippen molar-refractivity contribution in [2.75, 3.05) is 6.61 Å². The van der Waals surface area contributed by atoms with Crippen LogP contribution in [0.2, 0.25) is 0 Å². The Labute approximate surface area is 97.7 Å². The molecule has 0 fully saturated rings. The number of carbonyl (C=O) groups is 2. The van der Waals surface area contributed by atoms with E-state index in [0.717, 1.165) is 16.9 Å². The zero-order valence-electron chi connectivity index (χ0n) is 8.99. The molecule has 1 amide bonds. The van der Waals surface area contributed by atoms with E-state index in [1.165, 1.54) is 11.4 Å². The van der Waals surface area contributed by atoms with Crippen molar-refractivity contribution in [1.82, 2.24) is 0 Å². The average Bonchev–Trinajstić information content (AvgIpc) is 2.65. The third-order valence-corrected chi connectivity index (χ3v) is 2.76. The standard InChI is InChI=1S/C11H13NO3S/c1-7(2)3-4-15-11(14)9-5-8(6-16-9)10(12)13/h5-6H,1,3-4H2,2H3,(H2,12,13). The summed E-state index contributed by atoms with van der Waals surface area (Å²) in [7, 11) is 0. The van der Waals surface area contributed by atoms with E-state index in [1.54, 1.807) is 0 Å². The number of carbonyl (C=O) groups excluding carboxylic acids is 2. The Morgan fingerprint density at radius 1 is 1.56 bits per heavy atom. The summed E-state index contributed by atoms with van der Waals surface area (Å²) in [5, 5.41) is 1.54. The molecule has 4 nitrogen and oxygen atoms in total. The molecule has 1 aromatic heterocycles. The molecule has 1 rings (SSSR count). The summed E-state index contributed by atoms with van der Waals surface area (Å²) in [6.07, 6.45) is 0.639. The molecule has 5 heteroatoms. The van der Waals surface area contributed by atoms with Gasteiger partial charge in [0.25, 0.3) is 0 Å². The minimum atomic E-state index is -0.544. The Kier molecular flexibility index (Phi) is 4.25.